The van der Waals surface area contributed by atoms with Crippen molar-refractivity contribution in [1.29, 1.82) is 5.26 Å². The van der Waals surface area contributed by atoms with Crippen molar-refractivity contribution in [3.05, 3.63) is 34.4 Å². The van der Waals surface area contributed by atoms with E-state index in [9.17, 15) is 27.6 Å². The summed E-state index contributed by atoms with van der Waals surface area (Å²) in [6.07, 6.45) is -4.60. The topological polar surface area (TPSA) is 90.3 Å². The minimum absolute atomic E-state index is 0.0494. The van der Waals surface area contributed by atoms with Gasteiger partial charge in [0.15, 0.2) is 0 Å². The number of nitriles is 1. The summed E-state index contributed by atoms with van der Waals surface area (Å²) in [7, 11) is 0. The molecule has 124 valence electrons. The Morgan fingerprint density at radius 2 is 1.96 bits per heavy atom. The van der Waals surface area contributed by atoms with E-state index < -0.39 is 41.1 Å². The van der Waals surface area contributed by atoms with Crippen LogP contribution >= 0.6 is 0 Å². The standard InChI is InChI=1S/C15H10F3N3O3/c16-15(17,18)10-4-9-8(3-7(10)5-19)6-21(14(9)24)11-1-2-12(22)20-13(11)23/h3-4,11H,1-2,6H2,(H,20,22,23). The number of carbonyl (C=O) groups is 3. The van der Waals surface area contributed by atoms with Gasteiger partial charge in [0.05, 0.1) is 17.2 Å². The number of hydrogen-bond donors (Lipinski definition) is 1. The molecule has 1 N–H and O–H groups in total. The van der Waals surface area contributed by atoms with Crippen LogP contribution in [0.3, 0.4) is 0 Å². The maximum atomic E-state index is 13.0. The molecule has 1 aromatic rings. The Labute approximate surface area is 133 Å². The summed E-state index contributed by atoms with van der Waals surface area (Å²) >= 11 is 0. The highest BCUT2D eigenvalue weighted by atomic mass is 19.4. The monoisotopic (exact) mass is 337 g/mol. The fraction of sp³-hybridized carbons (Fsp3) is 0.333. The highest BCUT2D eigenvalue weighted by Crippen LogP contribution is 2.36. The maximum Gasteiger partial charge on any atom is 0.417 e. The van der Waals surface area contributed by atoms with Gasteiger partial charge >= 0.3 is 6.18 Å². The van der Waals surface area contributed by atoms with Gasteiger partial charge in [-0.3, -0.25) is 19.7 Å². The highest BCUT2D eigenvalue weighted by Gasteiger charge is 2.42. The van der Waals surface area contributed by atoms with Crippen molar-refractivity contribution in [2.45, 2.75) is 31.6 Å². The second kappa shape index (κ2) is 5.33. The van der Waals surface area contributed by atoms with Gasteiger partial charge in [-0.25, -0.2) is 0 Å². The molecule has 0 bridgehead atoms. The van der Waals surface area contributed by atoms with Crippen molar-refractivity contribution in [3.8, 4) is 6.07 Å². The van der Waals surface area contributed by atoms with Crippen LogP contribution in [-0.2, 0) is 22.3 Å². The van der Waals surface area contributed by atoms with Crippen LogP contribution in [0.4, 0.5) is 13.2 Å². The number of amides is 3. The summed E-state index contributed by atoms with van der Waals surface area (Å²) < 4.78 is 39.0. The van der Waals surface area contributed by atoms with Gasteiger partial charge in [0.2, 0.25) is 11.8 Å². The number of alkyl halides is 3. The van der Waals surface area contributed by atoms with Crippen LogP contribution in [0.25, 0.3) is 0 Å². The lowest BCUT2D eigenvalue weighted by molar-refractivity contribution is -0.138. The van der Waals surface area contributed by atoms with Gasteiger partial charge in [0.25, 0.3) is 5.91 Å². The van der Waals surface area contributed by atoms with Crippen molar-refractivity contribution in [2.75, 3.05) is 0 Å². The Hall–Kier alpha value is -2.89. The number of nitrogens with zero attached hydrogens (tertiary/aromatic N) is 2. The predicted octanol–water partition coefficient (Wildman–Crippen LogP) is 1.34. The van der Waals surface area contributed by atoms with Gasteiger partial charge < -0.3 is 4.90 Å². The summed E-state index contributed by atoms with van der Waals surface area (Å²) in [6.45, 7) is -0.0761. The van der Waals surface area contributed by atoms with Crippen molar-refractivity contribution in [1.82, 2.24) is 10.2 Å². The van der Waals surface area contributed by atoms with Gasteiger partial charge in [0.1, 0.15) is 6.04 Å². The van der Waals surface area contributed by atoms with Crippen molar-refractivity contribution < 1.29 is 27.6 Å². The molecule has 6 nitrogen and oxygen atoms in total. The summed E-state index contributed by atoms with van der Waals surface area (Å²) in [5.74, 6) is -1.81. The van der Waals surface area contributed by atoms with E-state index in [1.807, 2.05) is 0 Å². The lowest BCUT2D eigenvalue weighted by Crippen LogP contribution is -2.52. The number of piperidine rings is 1. The van der Waals surface area contributed by atoms with Crippen LogP contribution in [0, 0.1) is 11.3 Å². The normalized spacial score (nSPS) is 20.7. The number of benzene rings is 1. The molecule has 1 unspecified atom stereocenters. The molecule has 3 amide bonds. The first kappa shape index (κ1) is 16.0. The lowest BCUT2D eigenvalue weighted by atomic mass is 10.00. The molecular formula is C15H10F3N3O3. The SMILES string of the molecule is N#Cc1cc2c(cc1C(F)(F)F)C(=O)N(C1CCC(=O)NC1=O)C2. The average Bonchev–Trinajstić information content (AvgIpc) is 2.81. The molecule has 1 atom stereocenters. The van der Waals surface area contributed by atoms with Gasteiger partial charge in [-0.05, 0) is 24.1 Å². The van der Waals surface area contributed by atoms with E-state index in [4.69, 9.17) is 5.26 Å². The Kier molecular flexibility index (Phi) is 3.55. The summed E-state index contributed by atoms with van der Waals surface area (Å²) in [5.41, 5.74) is -1.67. The van der Waals surface area contributed by atoms with Crippen LogP contribution in [0.1, 0.15) is 39.9 Å². The number of carbonyl (C=O) groups excluding carboxylic acids is 3. The maximum absolute atomic E-state index is 13.0. The Morgan fingerprint density at radius 1 is 1.25 bits per heavy atom. The first-order valence-corrected chi connectivity index (χ1v) is 7.01. The molecule has 0 saturated carbocycles. The first-order chi connectivity index (χ1) is 11.2. The Morgan fingerprint density at radius 3 is 2.54 bits per heavy atom. The van der Waals surface area contributed by atoms with Crippen LogP contribution in [-0.4, -0.2) is 28.7 Å². The Bertz CT molecular complexity index is 811. The minimum Gasteiger partial charge on any atom is -0.322 e. The first-order valence-electron chi connectivity index (χ1n) is 7.01. The number of fused-ring (bicyclic) bond motifs is 1. The molecule has 9 heteroatoms. The molecule has 1 fully saturated rings. The van der Waals surface area contributed by atoms with Gasteiger partial charge in [-0.2, -0.15) is 18.4 Å². The third-order valence-corrected chi connectivity index (χ3v) is 4.09. The van der Waals surface area contributed by atoms with Crippen LogP contribution < -0.4 is 5.32 Å². The fourth-order valence-electron chi connectivity index (χ4n) is 2.94. The minimum atomic E-state index is -4.76. The van der Waals surface area contributed by atoms with Crippen molar-refractivity contribution in [3.63, 3.8) is 0 Å². The Balaban J connectivity index is 1.98. The average molecular weight is 337 g/mol. The highest BCUT2D eigenvalue weighted by molar-refractivity contribution is 6.05. The quantitative estimate of drug-likeness (QED) is 0.783. The molecule has 2 aliphatic rings. The van der Waals surface area contributed by atoms with E-state index in [0.29, 0.717) is 6.07 Å². The second-order valence-corrected chi connectivity index (χ2v) is 5.56. The molecule has 0 radical (unpaired) electrons. The van der Waals surface area contributed by atoms with Crippen molar-refractivity contribution >= 4 is 17.7 Å². The summed E-state index contributed by atoms with van der Waals surface area (Å²) in [5, 5.41) is 11.0. The summed E-state index contributed by atoms with van der Waals surface area (Å²) in [4.78, 5) is 36.6. The van der Waals surface area contributed by atoms with Crippen LogP contribution in [0.5, 0.6) is 0 Å². The van der Waals surface area contributed by atoms with Crippen LogP contribution in [0.2, 0.25) is 0 Å². The zero-order valence-corrected chi connectivity index (χ0v) is 12.1. The molecule has 2 aliphatic heterocycles. The number of halogens is 3. The third-order valence-electron chi connectivity index (χ3n) is 4.09. The number of rotatable bonds is 1. The van der Waals surface area contributed by atoms with Gasteiger partial charge in [-0.15, -0.1) is 0 Å². The molecular weight excluding hydrogens is 327 g/mol. The predicted molar refractivity (Wildman–Crippen MR) is 72.2 cm³/mol. The second-order valence-electron chi connectivity index (χ2n) is 5.56. The zero-order valence-electron chi connectivity index (χ0n) is 12.1. The summed E-state index contributed by atoms with van der Waals surface area (Å²) in [6, 6.07) is 2.25. The number of nitrogens with one attached hydrogen (secondary N) is 1. The van der Waals surface area contributed by atoms with E-state index >= 15 is 0 Å². The van der Waals surface area contributed by atoms with Gasteiger partial charge in [-0.1, -0.05) is 0 Å². The van der Waals surface area contributed by atoms with E-state index in [-0.39, 0.29) is 30.5 Å². The molecule has 24 heavy (non-hydrogen) atoms. The smallest absolute Gasteiger partial charge is 0.322 e. The lowest BCUT2D eigenvalue weighted by Gasteiger charge is -2.29. The van der Waals surface area contributed by atoms with E-state index in [2.05, 4.69) is 5.32 Å². The largest absolute Gasteiger partial charge is 0.417 e. The molecule has 0 spiro atoms. The van der Waals surface area contributed by atoms with E-state index in [1.165, 1.54) is 6.07 Å². The third kappa shape index (κ3) is 2.50. The molecule has 2 heterocycles. The van der Waals surface area contributed by atoms with Crippen LogP contribution in [0.15, 0.2) is 12.1 Å². The fourth-order valence-corrected chi connectivity index (χ4v) is 2.94. The molecule has 1 saturated heterocycles. The molecule has 1 aromatic carbocycles. The number of imide groups is 1. The van der Waals surface area contributed by atoms with Crippen molar-refractivity contribution in [2.24, 2.45) is 0 Å². The molecule has 0 aliphatic carbocycles. The van der Waals surface area contributed by atoms with E-state index in [1.54, 1.807) is 0 Å². The molecule has 3 rings (SSSR count). The number of hydrogen-bond acceptors (Lipinski definition) is 4. The van der Waals surface area contributed by atoms with E-state index in [0.717, 1.165) is 11.0 Å². The zero-order chi connectivity index (χ0) is 17.6. The van der Waals surface area contributed by atoms with Gasteiger partial charge in [0, 0.05) is 18.5 Å². The molecule has 0 aromatic heterocycles.